The van der Waals surface area contributed by atoms with Crippen molar-refractivity contribution in [1.82, 2.24) is 0 Å². The lowest BCUT2D eigenvalue weighted by Crippen LogP contribution is -2.02. The van der Waals surface area contributed by atoms with Crippen LogP contribution in [0.4, 0.5) is 0 Å². The smallest absolute Gasteiger partial charge is 0.305 e. The number of allylic oxidation sites excluding steroid dienone is 1. The lowest BCUT2D eigenvalue weighted by Gasteiger charge is -2.00. The van der Waals surface area contributed by atoms with E-state index < -0.39 is 0 Å². The van der Waals surface area contributed by atoms with Crippen molar-refractivity contribution in [2.75, 3.05) is 6.61 Å². The highest BCUT2D eigenvalue weighted by Crippen LogP contribution is 2.08. The molecule has 0 spiro atoms. The number of carbonyl (C=O) groups is 1. The third kappa shape index (κ3) is 6.75. The SMILES string of the molecule is CCOC(=O)CCCCCC=Cc1ccc(C#N)cc1. The molecular weight excluding hydrogens is 250 g/mol. The van der Waals surface area contributed by atoms with Crippen LogP contribution in [0, 0.1) is 11.3 Å². The van der Waals surface area contributed by atoms with Crippen LogP contribution in [0.3, 0.4) is 0 Å². The number of nitriles is 1. The zero-order valence-corrected chi connectivity index (χ0v) is 12.0. The van der Waals surface area contributed by atoms with Gasteiger partial charge in [0.1, 0.15) is 0 Å². The standard InChI is InChI=1S/C17H21NO2/c1-2-20-17(19)9-7-5-3-4-6-8-15-10-12-16(14-18)13-11-15/h6,8,10-13H,2-5,7,9H2,1H3. The molecule has 0 aliphatic heterocycles. The number of hydrogen-bond donors (Lipinski definition) is 0. The van der Waals surface area contributed by atoms with Crippen LogP contribution < -0.4 is 0 Å². The lowest BCUT2D eigenvalue weighted by atomic mass is 10.1. The van der Waals surface area contributed by atoms with E-state index in [-0.39, 0.29) is 5.97 Å². The predicted molar refractivity (Wildman–Crippen MR) is 79.9 cm³/mol. The molecule has 1 aromatic rings. The Labute approximate surface area is 120 Å². The number of esters is 1. The average Bonchev–Trinajstić information content (AvgIpc) is 2.47. The van der Waals surface area contributed by atoms with E-state index in [1.807, 2.05) is 31.2 Å². The van der Waals surface area contributed by atoms with Crippen LogP contribution >= 0.6 is 0 Å². The van der Waals surface area contributed by atoms with Gasteiger partial charge in [-0.25, -0.2) is 0 Å². The summed E-state index contributed by atoms with van der Waals surface area (Å²) in [6, 6.07) is 9.62. The average molecular weight is 271 g/mol. The van der Waals surface area contributed by atoms with Crippen molar-refractivity contribution in [2.45, 2.75) is 39.0 Å². The fourth-order valence-corrected chi connectivity index (χ4v) is 1.83. The maximum absolute atomic E-state index is 11.1. The van der Waals surface area contributed by atoms with Gasteiger partial charge in [-0.05, 0) is 43.9 Å². The Hall–Kier alpha value is -2.08. The number of benzene rings is 1. The third-order valence-corrected chi connectivity index (χ3v) is 2.91. The third-order valence-electron chi connectivity index (χ3n) is 2.91. The molecule has 0 saturated carbocycles. The highest BCUT2D eigenvalue weighted by molar-refractivity contribution is 5.69. The molecule has 0 unspecified atom stereocenters. The fraction of sp³-hybridized carbons (Fsp3) is 0.412. The zero-order chi connectivity index (χ0) is 14.6. The number of unbranched alkanes of at least 4 members (excludes halogenated alkanes) is 3. The molecule has 0 atom stereocenters. The molecule has 0 radical (unpaired) electrons. The number of nitrogens with zero attached hydrogens (tertiary/aromatic N) is 1. The molecule has 1 aromatic carbocycles. The molecule has 3 nitrogen and oxygen atoms in total. The van der Waals surface area contributed by atoms with Crippen LogP contribution in [0.15, 0.2) is 30.3 Å². The summed E-state index contributed by atoms with van der Waals surface area (Å²) in [5.74, 6) is -0.0966. The van der Waals surface area contributed by atoms with E-state index >= 15 is 0 Å². The summed E-state index contributed by atoms with van der Waals surface area (Å²) < 4.78 is 4.87. The van der Waals surface area contributed by atoms with Gasteiger partial charge in [0.05, 0.1) is 18.2 Å². The van der Waals surface area contributed by atoms with E-state index in [9.17, 15) is 4.79 Å². The van der Waals surface area contributed by atoms with Gasteiger partial charge < -0.3 is 4.74 Å². The summed E-state index contributed by atoms with van der Waals surface area (Å²) in [4.78, 5) is 11.1. The Kier molecular flexibility index (Phi) is 7.83. The molecule has 0 amide bonds. The van der Waals surface area contributed by atoms with E-state index in [0.29, 0.717) is 18.6 Å². The summed E-state index contributed by atoms with van der Waals surface area (Å²) in [5, 5.41) is 8.70. The Bertz CT molecular complexity index is 469. The normalized spacial score (nSPS) is 10.4. The summed E-state index contributed by atoms with van der Waals surface area (Å²) in [6.07, 6.45) is 8.72. The van der Waals surface area contributed by atoms with Gasteiger partial charge in [0.2, 0.25) is 0 Å². The number of ether oxygens (including phenoxy) is 1. The van der Waals surface area contributed by atoms with Gasteiger partial charge in [0.15, 0.2) is 0 Å². The second kappa shape index (κ2) is 9.80. The highest BCUT2D eigenvalue weighted by atomic mass is 16.5. The van der Waals surface area contributed by atoms with E-state index in [1.54, 1.807) is 0 Å². The van der Waals surface area contributed by atoms with Crippen molar-refractivity contribution in [3.8, 4) is 6.07 Å². The highest BCUT2D eigenvalue weighted by Gasteiger charge is 1.99. The molecule has 0 aliphatic rings. The second-order valence-electron chi connectivity index (χ2n) is 4.54. The van der Waals surface area contributed by atoms with Crippen LogP contribution in [-0.4, -0.2) is 12.6 Å². The molecule has 0 aliphatic carbocycles. The van der Waals surface area contributed by atoms with Crippen molar-refractivity contribution < 1.29 is 9.53 Å². The Balaban J connectivity index is 2.13. The summed E-state index contributed by atoms with van der Waals surface area (Å²) >= 11 is 0. The molecule has 0 aromatic heterocycles. The molecule has 0 fully saturated rings. The Morgan fingerprint density at radius 3 is 2.65 bits per heavy atom. The Morgan fingerprint density at radius 1 is 1.25 bits per heavy atom. The molecular formula is C17H21NO2. The van der Waals surface area contributed by atoms with Gasteiger partial charge in [0, 0.05) is 6.42 Å². The van der Waals surface area contributed by atoms with Gasteiger partial charge in [-0.1, -0.05) is 30.7 Å². The van der Waals surface area contributed by atoms with Crippen LogP contribution in [0.25, 0.3) is 6.08 Å². The first-order chi connectivity index (χ1) is 9.76. The van der Waals surface area contributed by atoms with Gasteiger partial charge >= 0.3 is 5.97 Å². The molecule has 3 heteroatoms. The van der Waals surface area contributed by atoms with E-state index in [0.717, 1.165) is 31.2 Å². The second-order valence-corrected chi connectivity index (χ2v) is 4.54. The lowest BCUT2D eigenvalue weighted by molar-refractivity contribution is -0.143. The molecule has 0 heterocycles. The van der Waals surface area contributed by atoms with E-state index in [1.165, 1.54) is 0 Å². The first-order valence-electron chi connectivity index (χ1n) is 7.08. The van der Waals surface area contributed by atoms with Gasteiger partial charge in [0.25, 0.3) is 0 Å². The minimum absolute atomic E-state index is 0.0966. The first kappa shape index (κ1) is 16.0. The van der Waals surface area contributed by atoms with Gasteiger partial charge in [-0.15, -0.1) is 0 Å². The van der Waals surface area contributed by atoms with Crippen LogP contribution in [0.5, 0.6) is 0 Å². The van der Waals surface area contributed by atoms with Crippen molar-refractivity contribution >= 4 is 12.0 Å². The van der Waals surface area contributed by atoms with Crippen LogP contribution in [0.2, 0.25) is 0 Å². The first-order valence-corrected chi connectivity index (χ1v) is 7.08. The summed E-state index contributed by atoms with van der Waals surface area (Å²) in [5.41, 5.74) is 1.79. The molecule has 20 heavy (non-hydrogen) atoms. The minimum Gasteiger partial charge on any atom is -0.466 e. The van der Waals surface area contributed by atoms with Crippen LogP contribution in [-0.2, 0) is 9.53 Å². The molecule has 0 N–H and O–H groups in total. The number of carbonyl (C=O) groups excluding carboxylic acids is 1. The quantitative estimate of drug-likeness (QED) is 0.528. The molecule has 0 bridgehead atoms. The number of hydrogen-bond acceptors (Lipinski definition) is 3. The van der Waals surface area contributed by atoms with Crippen molar-refractivity contribution in [2.24, 2.45) is 0 Å². The number of rotatable bonds is 8. The zero-order valence-electron chi connectivity index (χ0n) is 12.0. The summed E-state index contributed by atoms with van der Waals surface area (Å²) in [6.45, 7) is 2.29. The van der Waals surface area contributed by atoms with Gasteiger partial charge in [-0.2, -0.15) is 5.26 Å². The summed E-state index contributed by atoms with van der Waals surface area (Å²) in [7, 11) is 0. The maximum Gasteiger partial charge on any atom is 0.305 e. The predicted octanol–water partition coefficient (Wildman–Crippen LogP) is 4.09. The van der Waals surface area contributed by atoms with E-state index in [2.05, 4.69) is 18.2 Å². The van der Waals surface area contributed by atoms with Crippen LogP contribution in [0.1, 0.15) is 50.2 Å². The molecule has 1 rings (SSSR count). The fourth-order valence-electron chi connectivity index (χ4n) is 1.83. The van der Waals surface area contributed by atoms with Gasteiger partial charge in [-0.3, -0.25) is 4.79 Å². The minimum atomic E-state index is -0.0966. The topological polar surface area (TPSA) is 50.1 Å². The molecule has 0 saturated heterocycles. The maximum atomic E-state index is 11.1. The van der Waals surface area contributed by atoms with Crippen molar-refractivity contribution in [3.63, 3.8) is 0 Å². The largest absolute Gasteiger partial charge is 0.466 e. The van der Waals surface area contributed by atoms with Crippen molar-refractivity contribution in [1.29, 1.82) is 5.26 Å². The van der Waals surface area contributed by atoms with E-state index in [4.69, 9.17) is 10.00 Å². The Morgan fingerprint density at radius 2 is 2.00 bits per heavy atom. The monoisotopic (exact) mass is 271 g/mol. The molecule has 106 valence electrons. The van der Waals surface area contributed by atoms with Crippen molar-refractivity contribution in [3.05, 3.63) is 41.5 Å².